The van der Waals surface area contributed by atoms with Crippen LogP contribution in [0.1, 0.15) is 65.2 Å². The summed E-state index contributed by atoms with van der Waals surface area (Å²) in [5.41, 5.74) is 1.85. The third kappa shape index (κ3) is 5.64. The quantitative estimate of drug-likeness (QED) is 0.413. The minimum Gasteiger partial charge on any atom is -0.356 e. The number of hydrogen-bond acceptors (Lipinski definition) is 8. The van der Waals surface area contributed by atoms with E-state index >= 15 is 0 Å². The summed E-state index contributed by atoms with van der Waals surface area (Å²) in [5.74, 6) is 3.75. The molecule has 1 saturated heterocycles. The molecular weight excluding hydrogens is 430 g/mol. The van der Waals surface area contributed by atoms with Crippen LogP contribution in [-0.4, -0.2) is 51.0 Å². The van der Waals surface area contributed by atoms with E-state index in [1.807, 2.05) is 12.1 Å². The van der Waals surface area contributed by atoms with Crippen LogP contribution in [0, 0.1) is 5.92 Å². The van der Waals surface area contributed by atoms with E-state index in [4.69, 9.17) is 19.4 Å². The summed E-state index contributed by atoms with van der Waals surface area (Å²) in [6.07, 6.45) is 7.67. The summed E-state index contributed by atoms with van der Waals surface area (Å²) < 4.78 is 13.6. The Balaban J connectivity index is 1.55. The van der Waals surface area contributed by atoms with E-state index in [1.54, 1.807) is 19.5 Å². The molecule has 0 spiro atoms. The third-order valence-corrected chi connectivity index (χ3v) is 6.19. The van der Waals surface area contributed by atoms with Crippen LogP contribution >= 0.6 is 0 Å². The Morgan fingerprint density at radius 3 is 2.79 bits per heavy atom. The number of fused-ring (bicyclic) bond motifs is 1. The number of methoxy groups -OCH3 is 1. The lowest BCUT2D eigenvalue weighted by molar-refractivity contribution is -0.137. The molecule has 0 bridgehead atoms. The topological polar surface area (TPSA) is 90.2 Å². The molecule has 0 radical (unpaired) electrons. The van der Waals surface area contributed by atoms with Crippen LogP contribution in [-0.2, 0) is 16.1 Å². The fraction of sp³-hybridized carbons (Fsp3) is 0.600. The largest absolute Gasteiger partial charge is 0.356 e. The molecule has 9 heteroatoms. The Hall–Kier alpha value is -2.78. The number of ether oxygens (including phenoxy) is 2. The van der Waals surface area contributed by atoms with Gasteiger partial charge in [0.1, 0.15) is 29.6 Å². The summed E-state index contributed by atoms with van der Waals surface area (Å²) >= 11 is 0. The molecule has 0 aromatic carbocycles. The van der Waals surface area contributed by atoms with Crippen LogP contribution in [0.3, 0.4) is 0 Å². The lowest BCUT2D eigenvalue weighted by atomic mass is 10.0. The van der Waals surface area contributed by atoms with E-state index in [0.717, 1.165) is 60.4 Å². The molecule has 1 aliphatic rings. The van der Waals surface area contributed by atoms with Crippen molar-refractivity contribution >= 4 is 28.6 Å². The molecule has 1 unspecified atom stereocenters. The fourth-order valence-electron chi connectivity index (χ4n) is 4.54. The number of rotatable bonds is 10. The lowest BCUT2D eigenvalue weighted by Crippen LogP contribution is -2.35. The molecule has 1 fully saturated rings. The molecule has 1 N–H and O–H groups in total. The van der Waals surface area contributed by atoms with E-state index in [1.165, 1.54) is 12.8 Å². The summed E-state index contributed by atoms with van der Waals surface area (Å²) in [6, 6.07) is 4.12. The molecule has 9 nitrogen and oxygen atoms in total. The van der Waals surface area contributed by atoms with Crippen molar-refractivity contribution in [1.82, 2.24) is 24.5 Å². The first kappa shape index (κ1) is 24.3. The molecule has 4 heterocycles. The van der Waals surface area contributed by atoms with Crippen molar-refractivity contribution in [2.75, 3.05) is 30.4 Å². The highest BCUT2D eigenvalue weighted by Gasteiger charge is 2.20. The van der Waals surface area contributed by atoms with Gasteiger partial charge in [0, 0.05) is 38.5 Å². The minimum atomic E-state index is -0.226. The number of hydrogen-bond donors (Lipinski definition) is 1. The second-order valence-corrected chi connectivity index (χ2v) is 9.38. The Kier molecular flexibility index (Phi) is 7.95. The molecule has 34 heavy (non-hydrogen) atoms. The number of aromatic nitrogens is 5. The van der Waals surface area contributed by atoms with Gasteiger partial charge < -0.3 is 24.3 Å². The number of pyridine rings is 1. The van der Waals surface area contributed by atoms with Crippen molar-refractivity contribution in [2.45, 2.75) is 72.3 Å². The van der Waals surface area contributed by atoms with Gasteiger partial charge in [-0.1, -0.05) is 20.3 Å². The standard InChI is InChI=1S/C25H37N7O2/c1-6-8-24(33-5)34-16-23-28-19-14-27-22(13-20(19)32(23)17(2)3)29-21-10-11-26-25(30-21)31-12-7-9-18(4)15-31/h10-11,13-14,17-18,24H,6-9,12,15-16H2,1-5H3,(H,26,27,29,30)/t18-,24?/m1/s1. The highest BCUT2D eigenvalue weighted by Crippen LogP contribution is 2.26. The van der Waals surface area contributed by atoms with E-state index in [9.17, 15) is 0 Å². The fourth-order valence-corrected chi connectivity index (χ4v) is 4.54. The van der Waals surface area contributed by atoms with Crippen molar-refractivity contribution in [1.29, 1.82) is 0 Å². The van der Waals surface area contributed by atoms with E-state index < -0.39 is 0 Å². The van der Waals surface area contributed by atoms with Crippen molar-refractivity contribution in [3.63, 3.8) is 0 Å². The maximum absolute atomic E-state index is 5.98. The van der Waals surface area contributed by atoms with Crippen LogP contribution in [0.2, 0.25) is 0 Å². The second-order valence-electron chi connectivity index (χ2n) is 9.38. The first-order valence-electron chi connectivity index (χ1n) is 12.3. The SMILES string of the molecule is CCCC(OC)OCc1nc2cnc(Nc3ccnc(N4CCC[C@@H](C)C4)n3)cc2n1C(C)C. The molecular formula is C25H37N7O2. The second kappa shape index (κ2) is 11.1. The van der Waals surface area contributed by atoms with Crippen molar-refractivity contribution in [3.8, 4) is 0 Å². The van der Waals surface area contributed by atoms with Crippen LogP contribution in [0.15, 0.2) is 24.5 Å². The number of piperidine rings is 1. The van der Waals surface area contributed by atoms with Crippen LogP contribution in [0.5, 0.6) is 0 Å². The summed E-state index contributed by atoms with van der Waals surface area (Å²) in [6.45, 7) is 11.1. The van der Waals surface area contributed by atoms with E-state index in [0.29, 0.717) is 12.5 Å². The minimum absolute atomic E-state index is 0.220. The lowest BCUT2D eigenvalue weighted by Gasteiger charge is -2.30. The predicted molar refractivity (Wildman–Crippen MR) is 134 cm³/mol. The van der Waals surface area contributed by atoms with E-state index in [-0.39, 0.29) is 12.3 Å². The highest BCUT2D eigenvalue weighted by molar-refractivity contribution is 5.79. The van der Waals surface area contributed by atoms with Gasteiger partial charge in [-0.15, -0.1) is 0 Å². The van der Waals surface area contributed by atoms with Gasteiger partial charge in [-0.3, -0.25) is 0 Å². The maximum atomic E-state index is 5.98. The molecule has 1 aliphatic heterocycles. The van der Waals surface area contributed by atoms with Gasteiger partial charge in [0.15, 0.2) is 6.29 Å². The molecule has 3 aromatic rings. The Labute approximate surface area is 201 Å². The molecule has 0 aliphatic carbocycles. The number of nitrogens with zero attached hydrogens (tertiary/aromatic N) is 6. The summed E-state index contributed by atoms with van der Waals surface area (Å²) in [7, 11) is 1.68. The molecule has 184 valence electrons. The zero-order chi connectivity index (χ0) is 24.1. The Morgan fingerprint density at radius 1 is 1.21 bits per heavy atom. The molecule has 3 aromatic heterocycles. The van der Waals surface area contributed by atoms with Gasteiger partial charge in [-0.05, 0) is 45.1 Å². The summed E-state index contributed by atoms with van der Waals surface area (Å²) in [5, 5.41) is 3.36. The Morgan fingerprint density at radius 2 is 2.06 bits per heavy atom. The van der Waals surface area contributed by atoms with Crippen molar-refractivity contribution in [2.24, 2.45) is 5.92 Å². The van der Waals surface area contributed by atoms with Crippen molar-refractivity contribution < 1.29 is 9.47 Å². The predicted octanol–water partition coefficient (Wildman–Crippen LogP) is 5.07. The first-order valence-corrected chi connectivity index (χ1v) is 12.3. The summed E-state index contributed by atoms with van der Waals surface area (Å²) in [4.78, 5) is 20.9. The third-order valence-electron chi connectivity index (χ3n) is 6.19. The van der Waals surface area contributed by atoms with Gasteiger partial charge in [-0.25, -0.2) is 15.0 Å². The van der Waals surface area contributed by atoms with Gasteiger partial charge in [0.05, 0.1) is 11.7 Å². The highest BCUT2D eigenvalue weighted by atomic mass is 16.7. The van der Waals surface area contributed by atoms with Gasteiger partial charge in [0.25, 0.3) is 0 Å². The average molecular weight is 468 g/mol. The maximum Gasteiger partial charge on any atom is 0.227 e. The van der Waals surface area contributed by atoms with E-state index in [2.05, 4.69) is 52.4 Å². The van der Waals surface area contributed by atoms with Gasteiger partial charge in [0.2, 0.25) is 5.95 Å². The van der Waals surface area contributed by atoms with Gasteiger partial charge >= 0.3 is 0 Å². The van der Waals surface area contributed by atoms with Crippen LogP contribution in [0.4, 0.5) is 17.6 Å². The monoisotopic (exact) mass is 467 g/mol. The van der Waals surface area contributed by atoms with Gasteiger partial charge in [-0.2, -0.15) is 4.98 Å². The average Bonchev–Trinajstić information content (AvgIpc) is 3.20. The molecule has 2 atom stereocenters. The molecule has 4 rings (SSSR count). The first-order chi connectivity index (χ1) is 16.5. The molecule has 0 amide bonds. The zero-order valence-electron chi connectivity index (χ0n) is 21.0. The smallest absolute Gasteiger partial charge is 0.227 e. The van der Waals surface area contributed by atoms with Crippen LogP contribution < -0.4 is 10.2 Å². The zero-order valence-corrected chi connectivity index (χ0v) is 21.0. The number of nitrogens with one attached hydrogen (secondary N) is 1. The Bertz CT molecular complexity index is 1080. The number of anilines is 3. The van der Waals surface area contributed by atoms with Crippen LogP contribution in [0.25, 0.3) is 11.0 Å². The number of imidazole rings is 1. The normalized spacial score (nSPS) is 17.5. The van der Waals surface area contributed by atoms with Crippen molar-refractivity contribution in [3.05, 3.63) is 30.4 Å². The molecule has 0 saturated carbocycles.